The highest BCUT2D eigenvalue weighted by Gasteiger charge is 2.23. The molecule has 1 aromatic rings. The van der Waals surface area contributed by atoms with Gasteiger partial charge < -0.3 is 4.90 Å². The predicted molar refractivity (Wildman–Crippen MR) is 69.5 cm³/mol. The minimum atomic E-state index is 0.154. The minimum absolute atomic E-state index is 0.154. The van der Waals surface area contributed by atoms with E-state index in [0.717, 1.165) is 43.3 Å². The van der Waals surface area contributed by atoms with Crippen molar-refractivity contribution in [3.63, 3.8) is 0 Å². The van der Waals surface area contributed by atoms with Crippen molar-refractivity contribution < 1.29 is 4.79 Å². The smallest absolute Gasteiger partial charge is 0.265 e. The molecule has 0 atom stereocenters. The van der Waals surface area contributed by atoms with Crippen LogP contribution in [0.2, 0.25) is 0 Å². The number of piperazine rings is 1. The number of aryl methyl sites for hydroxylation is 1. The molecule has 17 heavy (non-hydrogen) atoms. The number of carbonyl (C=O) groups excluding carboxylic acids is 1. The van der Waals surface area contributed by atoms with E-state index in [1.165, 1.54) is 17.8 Å². The molecule has 0 saturated carbocycles. The molecule has 0 radical (unpaired) electrons. The normalized spacial score (nSPS) is 17.4. The van der Waals surface area contributed by atoms with Gasteiger partial charge in [0, 0.05) is 26.2 Å². The first-order chi connectivity index (χ1) is 8.22. The topological polar surface area (TPSA) is 36.4 Å². The molecule has 2 heterocycles. The lowest BCUT2D eigenvalue weighted by Crippen LogP contribution is -2.48. The van der Waals surface area contributed by atoms with Crippen LogP contribution in [0.3, 0.4) is 0 Å². The van der Waals surface area contributed by atoms with Crippen LogP contribution in [0.15, 0.2) is 5.51 Å². The number of hydrogen-bond acceptors (Lipinski definition) is 4. The van der Waals surface area contributed by atoms with Crippen molar-refractivity contribution in [2.75, 3.05) is 32.7 Å². The van der Waals surface area contributed by atoms with E-state index in [0.29, 0.717) is 0 Å². The van der Waals surface area contributed by atoms with Crippen LogP contribution in [0.1, 0.15) is 28.7 Å². The zero-order valence-electron chi connectivity index (χ0n) is 10.5. The molecular weight excluding hydrogens is 234 g/mol. The summed E-state index contributed by atoms with van der Waals surface area (Å²) in [5.41, 5.74) is 2.60. The van der Waals surface area contributed by atoms with Crippen LogP contribution in [-0.4, -0.2) is 53.4 Å². The fourth-order valence-electron chi connectivity index (χ4n) is 2.14. The van der Waals surface area contributed by atoms with Gasteiger partial charge in [0.05, 0.1) is 11.2 Å². The van der Waals surface area contributed by atoms with Gasteiger partial charge in [-0.1, -0.05) is 6.92 Å². The summed E-state index contributed by atoms with van der Waals surface area (Å²) in [4.78, 5) is 21.5. The van der Waals surface area contributed by atoms with Gasteiger partial charge in [-0.15, -0.1) is 11.3 Å². The zero-order chi connectivity index (χ0) is 12.3. The van der Waals surface area contributed by atoms with Crippen molar-refractivity contribution in [3.05, 3.63) is 16.1 Å². The molecule has 2 rings (SSSR count). The number of thiazole rings is 1. The van der Waals surface area contributed by atoms with Crippen molar-refractivity contribution in [2.24, 2.45) is 0 Å². The van der Waals surface area contributed by atoms with Crippen molar-refractivity contribution in [1.29, 1.82) is 0 Å². The largest absolute Gasteiger partial charge is 0.335 e. The number of amides is 1. The first-order valence-electron chi connectivity index (χ1n) is 6.14. The van der Waals surface area contributed by atoms with Gasteiger partial charge in [0.25, 0.3) is 5.91 Å². The molecular formula is C12H19N3OS. The van der Waals surface area contributed by atoms with Crippen molar-refractivity contribution >= 4 is 17.2 Å². The number of nitrogens with zero attached hydrogens (tertiary/aromatic N) is 3. The second-order valence-corrected chi connectivity index (χ2v) is 5.26. The van der Waals surface area contributed by atoms with Crippen LogP contribution in [0.5, 0.6) is 0 Å². The van der Waals surface area contributed by atoms with Gasteiger partial charge in [0.1, 0.15) is 4.88 Å². The molecule has 0 aliphatic carbocycles. The SMILES string of the molecule is CCCN1CCN(C(=O)c2scnc2C)CC1. The van der Waals surface area contributed by atoms with E-state index in [4.69, 9.17) is 0 Å². The molecule has 0 unspecified atom stereocenters. The van der Waals surface area contributed by atoms with Gasteiger partial charge in [-0.2, -0.15) is 0 Å². The summed E-state index contributed by atoms with van der Waals surface area (Å²) in [6.07, 6.45) is 1.18. The van der Waals surface area contributed by atoms with Gasteiger partial charge >= 0.3 is 0 Å². The number of aromatic nitrogens is 1. The monoisotopic (exact) mass is 253 g/mol. The Bertz CT molecular complexity index is 383. The van der Waals surface area contributed by atoms with Crippen LogP contribution in [0.25, 0.3) is 0 Å². The van der Waals surface area contributed by atoms with Crippen LogP contribution in [-0.2, 0) is 0 Å². The Hall–Kier alpha value is -0.940. The third kappa shape index (κ3) is 2.84. The fraction of sp³-hybridized carbons (Fsp3) is 0.667. The number of hydrogen-bond donors (Lipinski definition) is 0. The highest BCUT2D eigenvalue weighted by atomic mass is 32.1. The summed E-state index contributed by atoms with van der Waals surface area (Å²) in [5.74, 6) is 0.154. The standard InChI is InChI=1S/C12H19N3OS/c1-3-4-14-5-7-15(8-6-14)12(16)11-10(2)13-9-17-11/h9H,3-8H2,1-2H3. The lowest BCUT2D eigenvalue weighted by Gasteiger charge is -2.34. The highest BCUT2D eigenvalue weighted by molar-refractivity contribution is 7.11. The van der Waals surface area contributed by atoms with Crippen LogP contribution >= 0.6 is 11.3 Å². The molecule has 0 N–H and O–H groups in total. The maximum Gasteiger partial charge on any atom is 0.265 e. The fourth-order valence-corrected chi connectivity index (χ4v) is 2.91. The maximum atomic E-state index is 12.2. The van der Waals surface area contributed by atoms with E-state index in [-0.39, 0.29) is 5.91 Å². The maximum absolute atomic E-state index is 12.2. The van der Waals surface area contributed by atoms with E-state index >= 15 is 0 Å². The third-order valence-electron chi connectivity index (χ3n) is 3.14. The molecule has 1 amide bonds. The zero-order valence-corrected chi connectivity index (χ0v) is 11.3. The molecule has 1 aromatic heterocycles. The molecule has 5 heteroatoms. The first kappa shape index (κ1) is 12.5. The Morgan fingerprint density at radius 1 is 1.41 bits per heavy atom. The third-order valence-corrected chi connectivity index (χ3v) is 4.06. The van der Waals surface area contributed by atoms with Crippen molar-refractivity contribution in [1.82, 2.24) is 14.8 Å². The molecule has 1 aliphatic rings. The summed E-state index contributed by atoms with van der Waals surface area (Å²) in [7, 11) is 0. The number of carbonyl (C=O) groups is 1. The van der Waals surface area contributed by atoms with E-state index < -0.39 is 0 Å². The average molecular weight is 253 g/mol. The van der Waals surface area contributed by atoms with E-state index in [1.54, 1.807) is 5.51 Å². The van der Waals surface area contributed by atoms with Crippen LogP contribution < -0.4 is 0 Å². The molecule has 1 aliphatic heterocycles. The highest BCUT2D eigenvalue weighted by Crippen LogP contribution is 2.16. The Kier molecular flexibility index (Phi) is 4.12. The molecule has 0 bridgehead atoms. The summed E-state index contributed by atoms with van der Waals surface area (Å²) in [5, 5.41) is 0. The quantitative estimate of drug-likeness (QED) is 0.821. The summed E-state index contributed by atoms with van der Waals surface area (Å²) in [6.45, 7) is 8.91. The molecule has 94 valence electrons. The van der Waals surface area contributed by atoms with Crippen molar-refractivity contribution in [3.8, 4) is 0 Å². The molecule has 0 aromatic carbocycles. The van der Waals surface area contributed by atoms with Gasteiger partial charge in [-0.25, -0.2) is 4.98 Å². The second-order valence-electron chi connectivity index (χ2n) is 4.40. The molecule has 1 fully saturated rings. The lowest BCUT2D eigenvalue weighted by molar-refractivity contribution is 0.0641. The van der Waals surface area contributed by atoms with E-state index in [1.807, 2.05) is 11.8 Å². The minimum Gasteiger partial charge on any atom is -0.335 e. The predicted octanol–water partition coefficient (Wildman–Crippen LogP) is 1.62. The molecule has 4 nitrogen and oxygen atoms in total. The number of rotatable bonds is 3. The summed E-state index contributed by atoms with van der Waals surface area (Å²) < 4.78 is 0. The van der Waals surface area contributed by atoms with E-state index in [9.17, 15) is 4.79 Å². The van der Waals surface area contributed by atoms with Gasteiger partial charge in [-0.3, -0.25) is 9.69 Å². The average Bonchev–Trinajstić information content (AvgIpc) is 2.76. The molecule has 1 saturated heterocycles. The van der Waals surface area contributed by atoms with Gasteiger partial charge in [0.2, 0.25) is 0 Å². The molecule has 0 spiro atoms. The lowest BCUT2D eigenvalue weighted by atomic mass is 10.2. The van der Waals surface area contributed by atoms with Gasteiger partial charge in [-0.05, 0) is 19.9 Å². The Balaban J connectivity index is 1.93. The Labute approximate surface area is 106 Å². The first-order valence-corrected chi connectivity index (χ1v) is 7.02. The van der Waals surface area contributed by atoms with Crippen molar-refractivity contribution in [2.45, 2.75) is 20.3 Å². The summed E-state index contributed by atoms with van der Waals surface area (Å²) in [6, 6.07) is 0. The van der Waals surface area contributed by atoms with E-state index in [2.05, 4.69) is 16.8 Å². The van der Waals surface area contributed by atoms with Crippen LogP contribution in [0.4, 0.5) is 0 Å². The van der Waals surface area contributed by atoms with Gasteiger partial charge in [0.15, 0.2) is 0 Å². The Morgan fingerprint density at radius 3 is 2.65 bits per heavy atom. The van der Waals surface area contributed by atoms with Crippen LogP contribution in [0, 0.1) is 6.92 Å². The summed E-state index contributed by atoms with van der Waals surface area (Å²) >= 11 is 1.45. The Morgan fingerprint density at radius 2 is 2.12 bits per heavy atom. The second kappa shape index (κ2) is 5.60.